The summed E-state index contributed by atoms with van der Waals surface area (Å²) in [6.45, 7) is 4.48. The number of para-hydroxylation sites is 1. The summed E-state index contributed by atoms with van der Waals surface area (Å²) in [5, 5.41) is 1.11. The van der Waals surface area contributed by atoms with Crippen LogP contribution in [0.4, 0.5) is 0 Å². The van der Waals surface area contributed by atoms with E-state index >= 15 is 0 Å². The number of hydrogen-bond donors (Lipinski definition) is 2. The molecule has 19 heavy (non-hydrogen) atoms. The predicted molar refractivity (Wildman–Crippen MR) is 82.7 cm³/mol. The van der Waals surface area contributed by atoms with Gasteiger partial charge < -0.3 is 4.42 Å². The minimum Gasteiger partial charge on any atom is -0.458 e. The first-order valence-corrected chi connectivity index (χ1v) is 7.55. The Labute approximate surface area is 122 Å². The topological polar surface area (TPSA) is 51.2 Å². The van der Waals surface area contributed by atoms with Gasteiger partial charge in [0.25, 0.3) is 0 Å². The standard InChI is InChI=1S/C15H21BrN2O/c1-10(2)5-3-8-13(18-17)14-9-11-6-4-7-12(16)15(11)19-14/h4,6-7,9-10,13,18H,3,5,8,17H2,1-2H3. The van der Waals surface area contributed by atoms with Crippen molar-refractivity contribution in [1.29, 1.82) is 0 Å². The number of rotatable bonds is 6. The summed E-state index contributed by atoms with van der Waals surface area (Å²) in [6, 6.07) is 8.20. The lowest BCUT2D eigenvalue weighted by molar-refractivity contribution is 0.393. The van der Waals surface area contributed by atoms with Crippen molar-refractivity contribution in [3.8, 4) is 0 Å². The molecule has 1 heterocycles. The van der Waals surface area contributed by atoms with E-state index in [1.165, 1.54) is 6.42 Å². The van der Waals surface area contributed by atoms with Gasteiger partial charge in [0.15, 0.2) is 0 Å². The van der Waals surface area contributed by atoms with Crippen LogP contribution in [0.1, 0.15) is 44.9 Å². The van der Waals surface area contributed by atoms with Gasteiger partial charge in [-0.15, -0.1) is 0 Å². The molecule has 0 fully saturated rings. The van der Waals surface area contributed by atoms with Gasteiger partial charge in [-0.3, -0.25) is 5.84 Å². The Kier molecular flexibility index (Phi) is 5.02. The first kappa shape index (κ1) is 14.6. The predicted octanol–water partition coefficient (Wildman–Crippen LogP) is 4.53. The van der Waals surface area contributed by atoms with Gasteiger partial charge in [0.2, 0.25) is 0 Å². The summed E-state index contributed by atoms with van der Waals surface area (Å²) in [6.07, 6.45) is 3.35. The van der Waals surface area contributed by atoms with Crippen molar-refractivity contribution in [3.63, 3.8) is 0 Å². The highest BCUT2D eigenvalue weighted by molar-refractivity contribution is 9.10. The molecule has 0 spiro atoms. The number of hydrogen-bond acceptors (Lipinski definition) is 3. The second kappa shape index (κ2) is 6.55. The Morgan fingerprint density at radius 1 is 1.32 bits per heavy atom. The van der Waals surface area contributed by atoms with Crippen LogP contribution < -0.4 is 11.3 Å². The molecule has 0 amide bonds. The number of halogens is 1. The monoisotopic (exact) mass is 324 g/mol. The molecule has 1 atom stereocenters. The number of nitrogens with one attached hydrogen (secondary N) is 1. The molecular formula is C15H21BrN2O. The SMILES string of the molecule is CC(C)CCCC(NN)c1cc2cccc(Br)c2o1. The van der Waals surface area contributed by atoms with Crippen LogP contribution in [0, 0.1) is 5.92 Å². The Balaban J connectivity index is 2.14. The molecule has 2 rings (SSSR count). The summed E-state index contributed by atoms with van der Waals surface area (Å²) in [7, 11) is 0. The Morgan fingerprint density at radius 2 is 2.11 bits per heavy atom. The first-order chi connectivity index (χ1) is 9.11. The Morgan fingerprint density at radius 3 is 2.74 bits per heavy atom. The van der Waals surface area contributed by atoms with E-state index in [2.05, 4.69) is 47.3 Å². The van der Waals surface area contributed by atoms with Crippen LogP contribution in [-0.4, -0.2) is 0 Å². The van der Waals surface area contributed by atoms with Crippen molar-refractivity contribution >= 4 is 26.9 Å². The molecule has 0 saturated carbocycles. The van der Waals surface area contributed by atoms with Gasteiger partial charge in [0.1, 0.15) is 11.3 Å². The quantitative estimate of drug-likeness (QED) is 0.606. The van der Waals surface area contributed by atoms with Gasteiger partial charge in [0, 0.05) is 5.39 Å². The molecule has 1 unspecified atom stereocenters. The highest BCUT2D eigenvalue weighted by Crippen LogP contribution is 2.31. The average molecular weight is 325 g/mol. The maximum Gasteiger partial charge on any atom is 0.148 e. The molecule has 0 radical (unpaired) electrons. The molecule has 0 saturated heterocycles. The molecule has 0 bridgehead atoms. The molecule has 3 N–H and O–H groups in total. The van der Waals surface area contributed by atoms with Crippen molar-refractivity contribution in [1.82, 2.24) is 5.43 Å². The van der Waals surface area contributed by atoms with Gasteiger partial charge in [0.05, 0.1) is 10.5 Å². The van der Waals surface area contributed by atoms with Crippen LogP contribution in [0.5, 0.6) is 0 Å². The third-order valence-electron chi connectivity index (χ3n) is 3.33. The van der Waals surface area contributed by atoms with Gasteiger partial charge in [-0.1, -0.05) is 38.8 Å². The summed E-state index contributed by atoms with van der Waals surface area (Å²) in [5.41, 5.74) is 3.75. The summed E-state index contributed by atoms with van der Waals surface area (Å²) >= 11 is 3.51. The third-order valence-corrected chi connectivity index (χ3v) is 3.96. The molecule has 0 aliphatic heterocycles. The van der Waals surface area contributed by atoms with E-state index in [0.29, 0.717) is 0 Å². The number of hydrazine groups is 1. The minimum absolute atomic E-state index is 0.0815. The number of nitrogens with two attached hydrogens (primary N) is 1. The fourth-order valence-electron chi connectivity index (χ4n) is 2.26. The number of furan rings is 1. The molecule has 104 valence electrons. The molecule has 3 nitrogen and oxygen atoms in total. The van der Waals surface area contributed by atoms with E-state index in [1.807, 2.05) is 12.1 Å². The number of benzene rings is 1. The fraction of sp³-hybridized carbons (Fsp3) is 0.467. The van der Waals surface area contributed by atoms with E-state index in [1.54, 1.807) is 0 Å². The molecular weight excluding hydrogens is 304 g/mol. The molecule has 0 aliphatic rings. The molecule has 1 aromatic heterocycles. The normalized spacial score (nSPS) is 13.3. The second-order valence-electron chi connectivity index (χ2n) is 5.35. The van der Waals surface area contributed by atoms with Crippen LogP contribution in [0.3, 0.4) is 0 Å². The van der Waals surface area contributed by atoms with Crippen LogP contribution in [0.2, 0.25) is 0 Å². The fourth-order valence-corrected chi connectivity index (χ4v) is 2.72. The van der Waals surface area contributed by atoms with Gasteiger partial charge in [-0.25, -0.2) is 5.43 Å². The average Bonchev–Trinajstić information content (AvgIpc) is 2.79. The third kappa shape index (κ3) is 3.59. The van der Waals surface area contributed by atoms with Crippen LogP contribution in [0.15, 0.2) is 33.2 Å². The van der Waals surface area contributed by atoms with Gasteiger partial charge in [-0.05, 0) is 40.4 Å². The summed E-state index contributed by atoms with van der Waals surface area (Å²) < 4.78 is 6.90. The van der Waals surface area contributed by atoms with Crippen molar-refractivity contribution in [2.45, 2.75) is 39.2 Å². The highest BCUT2D eigenvalue weighted by atomic mass is 79.9. The lowest BCUT2D eigenvalue weighted by Crippen LogP contribution is -2.27. The molecule has 1 aromatic carbocycles. The Bertz CT molecular complexity index is 536. The minimum atomic E-state index is 0.0815. The van der Waals surface area contributed by atoms with Crippen molar-refractivity contribution in [2.24, 2.45) is 11.8 Å². The molecule has 2 aromatic rings. The zero-order valence-corrected chi connectivity index (χ0v) is 13.0. The van der Waals surface area contributed by atoms with E-state index in [-0.39, 0.29) is 6.04 Å². The second-order valence-corrected chi connectivity index (χ2v) is 6.21. The zero-order valence-electron chi connectivity index (χ0n) is 11.4. The molecule has 4 heteroatoms. The van der Waals surface area contributed by atoms with E-state index in [9.17, 15) is 0 Å². The highest BCUT2D eigenvalue weighted by Gasteiger charge is 2.15. The Hall–Kier alpha value is -0.840. The first-order valence-electron chi connectivity index (χ1n) is 6.76. The lowest BCUT2D eigenvalue weighted by atomic mass is 10.0. The maximum absolute atomic E-state index is 5.92. The van der Waals surface area contributed by atoms with E-state index in [0.717, 1.165) is 40.0 Å². The van der Waals surface area contributed by atoms with Crippen molar-refractivity contribution in [3.05, 3.63) is 34.5 Å². The van der Waals surface area contributed by atoms with Crippen LogP contribution >= 0.6 is 15.9 Å². The van der Waals surface area contributed by atoms with E-state index < -0.39 is 0 Å². The van der Waals surface area contributed by atoms with Gasteiger partial charge >= 0.3 is 0 Å². The lowest BCUT2D eigenvalue weighted by Gasteiger charge is -2.13. The van der Waals surface area contributed by atoms with Crippen molar-refractivity contribution < 1.29 is 4.42 Å². The summed E-state index contributed by atoms with van der Waals surface area (Å²) in [5.74, 6) is 7.30. The maximum atomic E-state index is 5.92. The summed E-state index contributed by atoms with van der Waals surface area (Å²) in [4.78, 5) is 0. The van der Waals surface area contributed by atoms with Gasteiger partial charge in [-0.2, -0.15) is 0 Å². The largest absolute Gasteiger partial charge is 0.458 e. The van der Waals surface area contributed by atoms with Crippen molar-refractivity contribution in [2.75, 3.05) is 0 Å². The molecule has 0 aliphatic carbocycles. The van der Waals surface area contributed by atoms with Crippen LogP contribution in [0.25, 0.3) is 11.0 Å². The van der Waals surface area contributed by atoms with E-state index in [4.69, 9.17) is 10.3 Å². The number of fused-ring (bicyclic) bond motifs is 1. The zero-order chi connectivity index (χ0) is 13.8. The smallest absolute Gasteiger partial charge is 0.148 e. The van der Waals surface area contributed by atoms with Crippen LogP contribution in [-0.2, 0) is 0 Å².